The van der Waals surface area contributed by atoms with Crippen LogP contribution in [0.4, 0.5) is 0 Å². The van der Waals surface area contributed by atoms with Crippen molar-refractivity contribution in [1.29, 1.82) is 0 Å². The molecule has 0 aliphatic carbocycles. The average molecular weight is 724 g/mol. The summed E-state index contributed by atoms with van der Waals surface area (Å²) in [6, 6.07) is 46.7. The van der Waals surface area contributed by atoms with Crippen LogP contribution >= 0.6 is 0 Å². The van der Waals surface area contributed by atoms with E-state index in [2.05, 4.69) is 0 Å². The van der Waals surface area contributed by atoms with Crippen molar-refractivity contribution < 1.29 is 17.1 Å². The number of aromatic nitrogens is 3. The first-order valence-corrected chi connectivity index (χ1v) is 18.2. The number of hydrogen-bond donors (Lipinski definition) is 0. The first-order valence-electron chi connectivity index (χ1n) is 21.2. The molecule has 0 saturated carbocycles. The van der Waals surface area contributed by atoms with E-state index in [1.807, 2.05) is 152 Å². The van der Waals surface area contributed by atoms with E-state index in [0.29, 0.717) is 28.1 Å². The molecule has 0 saturated heterocycles. The van der Waals surface area contributed by atoms with Crippen LogP contribution in [-0.2, 0) is 0 Å². The van der Waals surface area contributed by atoms with Crippen molar-refractivity contribution in [3.05, 3.63) is 188 Å². The Bertz CT molecular complexity index is 3590. The van der Waals surface area contributed by atoms with Gasteiger partial charge >= 0.3 is 0 Å². The summed E-state index contributed by atoms with van der Waals surface area (Å²) in [4.78, 5) is 14.7. The van der Waals surface area contributed by atoms with Crippen molar-refractivity contribution in [2.45, 2.75) is 0 Å². The topological polar surface area (TPSA) is 65.0 Å². The van der Waals surface area contributed by atoms with Gasteiger partial charge in [0.15, 0.2) is 17.5 Å². The Morgan fingerprint density at radius 2 is 0.946 bits per heavy atom. The highest BCUT2D eigenvalue weighted by Gasteiger charge is 2.18. The molecule has 0 spiro atoms. The molecule has 262 valence electrons. The molecule has 5 nitrogen and oxygen atoms in total. The third-order valence-electron chi connectivity index (χ3n) is 10.1. The lowest BCUT2D eigenvalue weighted by atomic mass is 9.96. The van der Waals surface area contributed by atoms with E-state index in [0.717, 1.165) is 38.6 Å². The summed E-state index contributed by atoms with van der Waals surface area (Å²) in [7, 11) is 0. The maximum Gasteiger partial charge on any atom is 0.164 e. The molecular formula is C51H31N3O2. The Balaban J connectivity index is 1.14. The minimum absolute atomic E-state index is 0.00983. The quantitative estimate of drug-likeness (QED) is 0.171. The Kier molecular flexibility index (Phi) is 6.10. The second kappa shape index (κ2) is 13.0. The molecule has 0 radical (unpaired) electrons. The van der Waals surface area contributed by atoms with Gasteiger partial charge in [-0.15, -0.1) is 0 Å². The maximum atomic E-state index is 9.63. The predicted octanol–water partition coefficient (Wildman–Crippen LogP) is 13.7. The van der Waals surface area contributed by atoms with Crippen LogP contribution in [0.3, 0.4) is 0 Å². The minimum atomic E-state index is -0.353. The van der Waals surface area contributed by atoms with Crippen molar-refractivity contribution in [3.63, 3.8) is 0 Å². The molecule has 0 N–H and O–H groups in total. The lowest BCUT2D eigenvalue weighted by molar-refractivity contribution is 0.668. The monoisotopic (exact) mass is 723 g/mol. The maximum absolute atomic E-state index is 9.63. The number of fused-ring (bicyclic) bond motifs is 6. The highest BCUT2D eigenvalue weighted by molar-refractivity contribution is 6.13. The number of hydrogen-bond acceptors (Lipinski definition) is 5. The Labute approximate surface area is 330 Å². The van der Waals surface area contributed by atoms with Crippen LogP contribution in [-0.4, -0.2) is 15.0 Å². The van der Waals surface area contributed by atoms with E-state index >= 15 is 0 Å². The first-order chi connectivity index (χ1) is 30.2. The molecule has 5 heteroatoms. The van der Waals surface area contributed by atoms with Crippen molar-refractivity contribution in [1.82, 2.24) is 15.0 Å². The van der Waals surface area contributed by atoms with Gasteiger partial charge in [0.1, 0.15) is 22.3 Å². The lowest BCUT2D eigenvalue weighted by Gasteiger charge is -2.09. The van der Waals surface area contributed by atoms with Gasteiger partial charge in [-0.1, -0.05) is 139 Å². The molecule has 56 heavy (non-hydrogen) atoms. The van der Waals surface area contributed by atoms with Crippen molar-refractivity contribution in [2.75, 3.05) is 0 Å². The van der Waals surface area contributed by atoms with Crippen LogP contribution < -0.4 is 0 Å². The molecule has 0 bridgehead atoms. The largest absolute Gasteiger partial charge is 0.456 e. The lowest BCUT2D eigenvalue weighted by Crippen LogP contribution is -2.00. The van der Waals surface area contributed by atoms with Crippen molar-refractivity contribution >= 4 is 43.9 Å². The van der Waals surface area contributed by atoms with Gasteiger partial charge in [0.25, 0.3) is 0 Å². The van der Waals surface area contributed by atoms with Gasteiger partial charge in [-0.25, -0.2) is 15.0 Å². The zero-order valence-electron chi connectivity index (χ0n) is 35.6. The molecule has 0 atom stereocenters. The van der Waals surface area contributed by atoms with Crippen LogP contribution in [0, 0.1) is 0 Å². The van der Waals surface area contributed by atoms with Gasteiger partial charge in [0.05, 0.1) is 8.22 Å². The highest BCUT2D eigenvalue weighted by Crippen LogP contribution is 2.40. The average Bonchev–Trinajstić information content (AvgIpc) is 3.90. The number of benzene rings is 8. The van der Waals surface area contributed by atoms with Gasteiger partial charge in [-0.05, 0) is 81.8 Å². The van der Waals surface area contributed by atoms with E-state index in [9.17, 15) is 4.11 Å². The van der Waals surface area contributed by atoms with Gasteiger partial charge in [0.2, 0.25) is 0 Å². The second-order valence-electron chi connectivity index (χ2n) is 13.5. The van der Waals surface area contributed by atoms with Crippen molar-refractivity contribution in [3.8, 4) is 67.5 Å². The first kappa shape index (κ1) is 26.2. The van der Waals surface area contributed by atoms with Gasteiger partial charge in [0, 0.05) is 38.2 Å². The molecule has 11 aromatic rings. The smallest absolute Gasteiger partial charge is 0.164 e. The van der Waals surface area contributed by atoms with Gasteiger partial charge in [-0.2, -0.15) is 0 Å². The third kappa shape index (κ3) is 5.53. The molecule has 0 aliphatic rings. The number of para-hydroxylation sites is 1. The molecule has 8 aromatic carbocycles. The molecule has 11 rings (SSSR count). The van der Waals surface area contributed by atoms with E-state index < -0.39 is 0 Å². The fourth-order valence-corrected chi connectivity index (χ4v) is 7.31. The standard InChI is InChI=1S/C51H31N3O2/c1-3-11-32(12-4-1)34-21-23-35(24-22-34)49-52-50(38-26-28-45-43(30-38)41-17-7-8-19-44(41)55-45)54-51(53-49)39-25-27-42-47(31-39)56-46-20-10-18-40(48(42)46)37-16-9-15-36(29-37)33-13-5-2-6-14-33/h1-31H/i10D,18D,20D,25D,27D,31D. The van der Waals surface area contributed by atoms with E-state index in [1.165, 1.54) is 0 Å². The van der Waals surface area contributed by atoms with Crippen LogP contribution in [0.5, 0.6) is 0 Å². The summed E-state index contributed by atoms with van der Waals surface area (Å²) < 4.78 is 67.9. The number of nitrogens with zero attached hydrogens (tertiary/aromatic N) is 3. The van der Waals surface area contributed by atoms with Gasteiger partial charge in [-0.3, -0.25) is 0 Å². The zero-order valence-corrected chi connectivity index (χ0v) is 29.6. The SMILES string of the molecule is [2H]c1c([2H])c(-c2cccc(-c3ccccc3)c2)c2c(oc3c([2H])c(-c4nc(-c5ccc(-c6ccccc6)cc5)nc(-c5ccc6oc7ccccc7c6c5)n4)c([2H])c([2H])c32)c1[2H]. The normalized spacial score (nSPS) is 13.1. The van der Waals surface area contributed by atoms with E-state index in [-0.39, 0.29) is 81.0 Å². The fourth-order valence-electron chi connectivity index (χ4n) is 7.31. The molecule has 0 amide bonds. The second-order valence-corrected chi connectivity index (χ2v) is 13.5. The number of furan rings is 2. The summed E-state index contributed by atoms with van der Waals surface area (Å²) in [6.07, 6.45) is 0. The molecule has 0 aliphatic heterocycles. The van der Waals surface area contributed by atoms with E-state index in [4.69, 9.17) is 27.9 Å². The summed E-state index contributed by atoms with van der Waals surface area (Å²) in [6.45, 7) is 0. The molecule has 0 unspecified atom stereocenters. The Morgan fingerprint density at radius 1 is 0.357 bits per heavy atom. The number of rotatable bonds is 6. The highest BCUT2D eigenvalue weighted by atomic mass is 16.3. The molecule has 3 aromatic heterocycles. The summed E-state index contributed by atoms with van der Waals surface area (Å²) >= 11 is 0. The van der Waals surface area contributed by atoms with Gasteiger partial charge < -0.3 is 8.83 Å². The summed E-state index contributed by atoms with van der Waals surface area (Å²) in [5.74, 6) is 0.568. The fraction of sp³-hybridized carbons (Fsp3) is 0. The predicted molar refractivity (Wildman–Crippen MR) is 227 cm³/mol. The van der Waals surface area contributed by atoms with Crippen molar-refractivity contribution in [2.24, 2.45) is 0 Å². The Morgan fingerprint density at radius 3 is 1.75 bits per heavy atom. The minimum Gasteiger partial charge on any atom is -0.456 e. The van der Waals surface area contributed by atoms with Crippen LogP contribution in [0.2, 0.25) is 0 Å². The molecular weight excluding hydrogens is 687 g/mol. The van der Waals surface area contributed by atoms with Crippen LogP contribution in [0.15, 0.2) is 197 Å². The third-order valence-corrected chi connectivity index (χ3v) is 10.1. The molecule has 3 heterocycles. The zero-order chi connectivity index (χ0) is 42.2. The van der Waals surface area contributed by atoms with Crippen LogP contribution in [0.25, 0.3) is 111 Å². The van der Waals surface area contributed by atoms with Crippen LogP contribution in [0.1, 0.15) is 8.22 Å². The summed E-state index contributed by atoms with van der Waals surface area (Å²) in [5, 5.41) is 2.13. The Hall–Kier alpha value is -7.63. The van der Waals surface area contributed by atoms with E-state index in [1.54, 1.807) is 0 Å². The summed E-state index contributed by atoms with van der Waals surface area (Å²) in [5.41, 5.74) is 7.32. The molecule has 0 fully saturated rings.